The first kappa shape index (κ1) is 31.7. The van der Waals surface area contributed by atoms with Crippen LogP contribution in [0.1, 0.15) is 97.8 Å². The topological polar surface area (TPSA) is 0 Å². The quantitative estimate of drug-likeness (QED) is 0.224. The predicted octanol–water partition coefficient (Wildman–Crippen LogP) is 10.8. The molecule has 0 amide bonds. The summed E-state index contributed by atoms with van der Waals surface area (Å²) in [5, 5.41) is 0. The van der Waals surface area contributed by atoms with Gasteiger partial charge in [-0.3, -0.25) is 0 Å². The van der Waals surface area contributed by atoms with Crippen LogP contribution in [0, 0.1) is 56.3 Å². The Labute approximate surface area is 222 Å². The van der Waals surface area contributed by atoms with E-state index in [2.05, 4.69) is 33.9 Å². The summed E-state index contributed by atoms with van der Waals surface area (Å²) in [4.78, 5) is 0. The van der Waals surface area contributed by atoms with Crippen molar-refractivity contribution in [2.24, 2.45) is 41.4 Å². The second-order valence-corrected chi connectivity index (χ2v) is 21.1. The Morgan fingerprint density at radius 3 is 1.78 bits per heavy atom. The molecule has 4 rings (SSSR count). The fourth-order valence-electron chi connectivity index (χ4n) is 9.03. The van der Waals surface area contributed by atoms with Gasteiger partial charge < -0.3 is 14.9 Å². The number of halogens is 2. The normalized spacial score (nSPS) is 39.2. The summed E-state index contributed by atoms with van der Waals surface area (Å²) in [6.45, 7) is 13.3. The standard InChI is InChI=1S/C26H48Si.2CH3.2ClH.Zr/c1-6-18(2)15-20-17-26(24-14-10-8-12-22(20)24)27(4,5)25-16-19(3)21-11-7-9-13-23(21)25;;;;;/h18-26H,6-17H2,1-5H3;2*1H3;2*1H;/q;2*-1;;;+4/p-2. The Balaban J connectivity index is 0.000000971. The van der Waals surface area contributed by atoms with E-state index in [4.69, 9.17) is 17.0 Å². The summed E-state index contributed by atoms with van der Waals surface area (Å²) < 4.78 is 0. The van der Waals surface area contributed by atoms with Crippen LogP contribution in [-0.4, -0.2) is 8.07 Å². The molecule has 0 aromatic rings. The fraction of sp³-hybridized carbons (Fsp3) is 0.929. The summed E-state index contributed by atoms with van der Waals surface area (Å²) in [6, 6.07) is 0. The van der Waals surface area contributed by atoms with Crippen molar-refractivity contribution in [3.63, 3.8) is 0 Å². The first-order valence-corrected chi connectivity index (χ1v) is 22.8. The molecule has 0 spiro atoms. The van der Waals surface area contributed by atoms with E-state index in [1.807, 2.05) is 0 Å². The Morgan fingerprint density at radius 2 is 1.25 bits per heavy atom. The Bertz CT molecular complexity index is 528. The molecule has 4 heteroatoms. The van der Waals surface area contributed by atoms with Crippen LogP contribution in [0.25, 0.3) is 0 Å². The van der Waals surface area contributed by atoms with E-state index < -0.39 is 28.9 Å². The molecule has 4 aliphatic carbocycles. The van der Waals surface area contributed by atoms with Gasteiger partial charge in [0.1, 0.15) is 0 Å². The van der Waals surface area contributed by atoms with Gasteiger partial charge in [-0.15, -0.1) is 0 Å². The Hall–Kier alpha value is 1.68. The first-order chi connectivity index (χ1) is 14.3. The van der Waals surface area contributed by atoms with Crippen molar-refractivity contribution in [3.8, 4) is 0 Å². The van der Waals surface area contributed by atoms with E-state index in [0.29, 0.717) is 0 Å². The first-order valence-electron chi connectivity index (χ1n) is 13.3. The van der Waals surface area contributed by atoms with E-state index in [1.54, 1.807) is 57.8 Å². The number of rotatable bonds is 5. The van der Waals surface area contributed by atoms with E-state index in [-0.39, 0.29) is 14.9 Å². The molecule has 0 aromatic heterocycles. The number of fused-ring (bicyclic) bond motifs is 2. The van der Waals surface area contributed by atoms with E-state index >= 15 is 0 Å². The van der Waals surface area contributed by atoms with Gasteiger partial charge in [0.15, 0.2) is 0 Å². The molecule has 0 heterocycles. The predicted molar refractivity (Wildman–Crippen MR) is 146 cm³/mol. The van der Waals surface area contributed by atoms with E-state index in [9.17, 15) is 0 Å². The SMILES string of the molecule is CCC(C)CC1CC([Si](C)(C)C2CC(C)C3CCCCC32)C2CCCCC12.[CH3-].[CH3-].[Cl][Zr+2][Cl]. The van der Waals surface area contributed by atoms with Crippen molar-refractivity contribution >= 4 is 25.1 Å². The van der Waals surface area contributed by atoms with Gasteiger partial charge in [-0.1, -0.05) is 78.8 Å². The zero-order valence-corrected chi connectivity index (χ0v) is 27.4. The summed E-state index contributed by atoms with van der Waals surface area (Å²) in [7, 11) is 8.67. The Kier molecular flexibility index (Phi) is 14.3. The molecule has 188 valence electrons. The summed E-state index contributed by atoms with van der Waals surface area (Å²) >= 11 is -0.826. The molecule has 9 atom stereocenters. The van der Waals surface area contributed by atoms with Crippen molar-refractivity contribution in [2.45, 2.75) is 122 Å². The molecule has 0 N–H and O–H groups in total. The molecule has 0 aliphatic heterocycles. The van der Waals surface area contributed by atoms with E-state index in [1.165, 1.54) is 19.3 Å². The van der Waals surface area contributed by atoms with Gasteiger partial charge in [0.2, 0.25) is 0 Å². The molecule has 0 radical (unpaired) electrons. The van der Waals surface area contributed by atoms with Crippen molar-refractivity contribution in [2.75, 3.05) is 0 Å². The Morgan fingerprint density at radius 1 is 0.812 bits per heavy atom. The van der Waals surface area contributed by atoms with Gasteiger partial charge in [0.05, 0.1) is 8.07 Å². The minimum absolute atomic E-state index is 0. The van der Waals surface area contributed by atoms with Crippen molar-refractivity contribution in [1.29, 1.82) is 0 Å². The molecular formula is C28H54Cl2SiZr. The van der Waals surface area contributed by atoms with Gasteiger partial charge >= 0.3 is 37.9 Å². The zero-order valence-electron chi connectivity index (χ0n) is 22.4. The van der Waals surface area contributed by atoms with Crippen LogP contribution in [0.3, 0.4) is 0 Å². The van der Waals surface area contributed by atoms with Gasteiger partial charge in [-0.25, -0.2) is 0 Å². The molecule has 0 saturated heterocycles. The van der Waals surface area contributed by atoms with Crippen LogP contribution >= 0.6 is 17.0 Å². The van der Waals surface area contributed by atoms with Crippen LogP contribution in [0.5, 0.6) is 0 Å². The average molecular weight is 581 g/mol. The molecule has 32 heavy (non-hydrogen) atoms. The molecule has 0 nitrogen and oxygen atoms in total. The minimum atomic E-state index is -1.20. The maximum atomic E-state index is 4.93. The van der Waals surface area contributed by atoms with Gasteiger partial charge in [-0.05, 0) is 84.6 Å². The third-order valence-corrected chi connectivity index (χ3v) is 15.8. The zero-order chi connectivity index (χ0) is 21.9. The average Bonchev–Trinajstić information content (AvgIpc) is 3.28. The monoisotopic (exact) mass is 578 g/mol. The number of hydrogen-bond donors (Lipinski definition) is 0. The second kappa shape index (κ2) is 14.4. The van der Waals surface area contributed by atoms with Gasteiger partial charge in [0.25, 0.3) is 0 Å². The third kappa shape index (κ3) is 6.91. The third-order valence-electron chi connectivity index (χ3n) is 10.6. The summed E-state index contributed by atoms with van der Waals surface area (Å²) in [6.07, 6.45) is 18.7. The van der Waals surface area contributed by atoms with Crippen LogP contribution < -0.4 is 0 Å². The van der Waals surface area contributed by atoms with E-state index in [0.717, 1.165) is 52.5 Å². The van der Waals surface area contributed by atoms with Crippen molar-refractivity contribution in [3.05, 3.63) is 14.9 Å². The van der Waals surface area contributed by atoms with Crippen LogP contribution in [0.15, 0.2) is 0 Å². The van der Waals surface area contributed by atoms with Crippen LogP contribution in [0.4, 0.5) is 0 Å². The molecule has 0 aromatic carbocycles. The van der Waals surface area contributed by atoms with Crippen molar-refractivity contribution < 1.29 is 20.8 Å². The molecular weight excluding hydrogens is 527 g/mol. The molecule has 4 aliphatic rings. The molecule has 4 saturated carbocycles. The van der Waals surface area contributed by atoms with Crippen LogP contribution in [0.2, 0.25) is 24.2 Å². The van der Waals surface area contributed by atoms with Gasteiger partial charge in [-0.2, -0.15) is 0 Å². The summed E-state index contributed by atoms with van der Waals surface area (Å²) in [5.41, 5.74) is 2.32. The number of hydrogen-bond acceptors (Lipinski definition) is 0. The van der Waals surface area contributed by atoms with Crippen LogP contribution in [-0.2, 0) is 20.8 Å². The summed E-state index contributed by atoms with van der Waals surface area (Å²) in [5.74, 6) is 7.56. The second-order valence-electron chi connectivity index (χ2n) is 12.3. The molecule has 0 bridgehead atoms. The van der Waals surface area contributed by atoms with Crippen molar-refractivity contribution in [1.82, 2.24) is 0 Å². The fourth-order valence-corrected chi connectivity index (χ4v) is 14.5. The molecule has 9 unspecified atom stereocenters. The molecule has 4 fully saturated rings. The maximum absolute atomic E-state index is 4.93. The van der Waals surface area contributed by atoms with Gasteiger partial charge in [0, 0.05) is 0 Å².